The second kappa shape index (κ2) is 7.21. The van der Waals surface area contributed by atoms with Crippen LogP contribution in [0.1, 0.15) is 12.8 Å². The Balaban J connectivity index is 0.00000176. The number of nitrogens with one attached hydrogen (secondary N) is 1. The molecule has 1 atom stereocenters. The molecule has 6 nitrogen and oxygen atoms in total. The van der Waals surface area contributed by atoms with Gasteiger partial charge in [0.25, 0.3) is 5.69 Å². The van der Waals surface area contributed by atoms with Crippen molar-refractivity contribution in [1.82, 2.24) is 10.3 Å². The fourth-order valence-corrected chi connectivity index (χ4v) is 3.64. The number of fused-ring (bicyclic) bond motifs is 1. The number of rotatable bonds is 4. The molecule has 0 amide bonds. The third-order valence-electron chi connectivity index (χ3n) is 3.83. The molecule has 2 heterocycles. The molecule has 0 spiro atoms. The van der Waals surface area contributed by atoms with E-state index in [2.05, 4.69) is 15.2 Å². The monoisotopic (exact) mass is 342 g/mol. The van der Waals surface area contributed by atoms with Gasteiger partial charge in [-0.1, -0.05) is 11.3 Å². The van der Waals surface area contributed by atoms with Gasteiger partial charge in [0.15, 0.2) is 5.13 Å². The Bertz CT molecular complexity index is 657. The number of hydrogen-bond acceptors (Lipinski definition) is 6. The molecule has 0 bridgehead atoms. The molecular weight excluding hydrogens is 324 g/mol. The molecule has 1 aliphatic heterocycles. The van der Waals surface area contributed by atoms with Crippen LogP contribution in [-0.4, -0.2) is 36.6 Å². The maximum Gasteiger partial charge on any atom is 0.271 e. The highest BCUT2D eigenvalue weighted by Gasteiger charge is 2.18. The third kappa shape index (κ3) is 3.66. The number of thiazole rings is 1. The van der Waals surface area contributed by atoms with Crippen molar-refractivity contribution in [3.8, 4) is 0 Å². The molecule has 0 aliphatic carbocycles. The number of halogens is 1. The zero-order valence-corrected chi connectivity index (χ0v) is 14.0. The van der Waals surface area contributed by atoms with Crippen molar-refractivity contribution < 1.29 is 4.92 Å². The minimum atomic E-state index is -0.379. The smallest absolute Gasteiger partial charge is 0.271 e. The zero-order valence-electron chi connectivity index (χ0n) is 12.3. The molecule has 1 aromatic heterocycles. The maximum absolute atomic E-state index is 10.8. The molecule has 1 N–H and O–H groups in total. The average Bonchev–Trinajstić information content (AvgIpc) is 2.91. The normalized spacial score (nSPS) is 18.0. The topological polar surface area (TPSA) is 71.3 Å². The number of nitro groups is 1. The fraction of sp³-hybridized carbons (Fsp3) is 0.500. The van der Waals surface area contributed by atoms with Gasteiger partial charge in [-0.2, -0.15) is 0 Å². The highest BCUT2D eigenvalue weighted by Crippen LogP contribution is 2.31. The largest absolute Gasteiger partial charge is 0.351 e. The molecule has 1 fully saturated rings. The highest BCUT2D eigenvalue weighted by molar-refractivity contribution is 7.22. The number of nitrogens with zero attached hydrogens (tertiary/aromatic N) is 3. The van der Waals surface area contributed by atoms with Crippen molar-refractivity contribution >= 4 is 44.8 Å². The van der Waals surface area contributed by atoms with Gasteiger partial charge in [-0.25, -0.2) is 4.98 Å². The average molecular weight is 343 g/mol. The molecule has 1 saturated heterocycles. The van der Waals surface area contributed by atoms with Crippen LogP contribution in [0.3, 0.4) is 0 Å². The van der Waals surface area contributed by atoms with Gasteiger partial charge in [-0.15, -0.1) is 12.4 Å². The standard InChI is InChI=1S/C14H18N4O2S.ClH/c1-17(9-10-3-2-6-15-8-10)14-16-12-7-11(18(19)20)4-5-13(12)21-14;/h4-5,7,10,15H,2-3,6,8-9H2,1H3;1H. The Hall–Kier alpha value is -1.44. The van der Waals surface area contributed by atoms with E-state index in [4.69, 9.17) is 0 Å². The molecule has 120 valence electrons. The van der Waals surface area contributed by atoms with Crippen molar-refractivity contribution in [1.29, 1.82) is 0 Å². The van der Waals surface area contributed by atoms with Crippen LogP contribution in [0.4, 0.5) is 10.8 Å². The molecule has 8 heteroatoms. The summed E-state index contributed by atoms with van der Waals surface area (Å²) < 4.78 is 0.990. The molecule has 2 aromatic rings. The predicted octanol–water partition coefficient (Wildman–Crippen LogP) is 3.06. The number of hydrogen-bond donors (Lipinski definition) is 1. The molecular formula is C14H19ClN4O2S. The van der Waals surface area contributed by atoms with Gasteiger partial charge in [0, 0.05) is 25.7 Å². The quantitative estimate of drug-likeness (QED) is 0.683. The van der Waals surface area contributed by atoms with E-state index in [0.717, 1.165) is 29.5 Å². The van der Waals surface area contributed by atoms with Gasteiger partial charge < -0.3 is 10.2 Å². The minimum absolute atomic E-state index is 0. The number of non-ortho nitro benzene ring substituents is 1. The first-order valence-corrected chi connectivity index (χ1v) is 7.92. The molecule has 1 unspecified atom stereocenters. The summed E-state index contributed by atoms with van der Waals surface area (Å²) in [5, 5.41) is 15.2. The SMILES string of the molecule is CN(CC1CCCNC1)c1nc2cc([N+](=O)[O-])ccc2s1.Cl. The van der Waals surface area contributed by atoms with Crippen LogP contribution >= 0.6 is 23.7 Å². The van der Waals surface area contributed by atoms with Gasteiger partial charge in [0.05, 0.1) is 15.1 Å². The summed E-state index contributed by atoms with van der Waals surface area (Å²) in [5.41, 5.74) is 0.802. The number of nitro benzene ring substituents is 1. The van der Waals surface area contributed by atoms with E-state index >= 15 is 0 Å². The Kier molecular flexibility index (Phi) is 5.55. The number of benzene rings is 1. The summed E-state index contributed by atoms with van der Waals surface area (Å²) in [6.45, 7) is 3.14. The highest BCUT2D eigenvalue weighted by atomic mass is 35.5. The van der Waals surface area contributed by atoms with E-state index in [9.17, 15) is 10.1 Å². The van der Waals surface area contributed by atoms with E-state index in [1.54, 1.807) is 23.5 Å². The summed E-state index contributed by atoms with van der Waals surface area (Å²) in [6, 6.07) is 4.87. The van der Waals surface area contributed by atoms with Crippen LogP contribution in [0.15, 0.2) is 18.2 Å². The van der Waals surface area contributed by atoms with Gasteiger partial charge in [0.1, 0.15) is 0 Å². The Morgan fingerprint density at radius 2 is 2.36 bits per heavy atom. The van der Waals surface area contributed by atoms with Gasteiger partial charge in [0.2, 0.25) is 0 Å². The van der Waals surface area contributed by atoms with E-state index in [1.807, 2.05) is 7.05 Å². The second-order valence-corrected chi connectivity index (χ2v) is 6.51. The summed E-state index contributed by atoms with van der Waals surface area (Å²) in [6.07, 6.45) is 2.47. The number of anilines is 1. The summed E-state index contributed by atoms with van der Waals surface area (Å²) >= 11 is 1.59. The first-order valence-electron chi connectivity index (χ1n) is 7.10. The van der Waals surface area contributed by atoms with Crippen LogP contribution in [0.25, 0.3) is 10.2 Å². The lowest BCUT2D eigenvalue weighted by atomic mass is 9.99. The van der Waals surface area contributed by atoms with Crippen LogP contribution in [0.2, 0.25) is 0 Å². The lowest BCUT2D eigenvalue weighted by Gasteiger charge is -2.27. The Labute approximate surface area is 139 Å². The van der Waals surface area contributed by atoms with E-state index < -0.39 is 0 Å². The second-order valence-electron chi connectivity index (χ2n) is 5.50. The Morgan fingerprint density at radius 3 is 3.05 bits per heavy atom. The lowest BCUT2D eigenvalue weighted by molar-refractivity contribution is -0.384. The van der Waals surface area contributed by atoms with Crippen LogP contribution in [0, 0.1) is 16.0 Å². The predicted molar refractivity (Wildman–Crippen MR) is 92.4 cm³/mol. The number of piperidine rings is 1. The van der Waals surface area contributed by atoms with Crippen LogP contribution in [-0.2, 0) is 0 Å². The summed E-state index contributed by atoms with van der Waals surface area (Å²) in [7, 11) is 2.04. The van der Waals surface area contributed by atoms with E-state index in [1.165, 1.54) is 18.9 Å². The first kappa shape index (κ1) is 16.9. The minimum Gasteiger partial charge on any atom is -0.351 e. The summed E-state index contributed by atoms with van der Waals surface area (Å²) in [5.74, 6) is 0.644. The van der Waals surface area contributed by atoms with Gasteiger partial charge >= 0.3 is 0 Å². The summed E-state index contributed by atoms with van der Waals surface area (Å²) in [4.78, 5) is 17.1. The molecule has 1 aromatic carbocycles. The molecule has 1 aliphatic rings. The van der Waals surface area contributed by atoms with Gasteiger partial charge in [-0.05, 0) is 37.9 Å². The lowest BCUT2D eigenvalue weighted by Crippen LogP contribution is -2.36. The van der Waals surface area contributed by atoms with E-state index in [-0.39, 0.29) is 23.0 Å². The molecule has 0 radical (unpaired) electrons. The van der Waals surface area contributed by atoms with E-state index in [0.29, 0.717) is 11.4 Å². The van der Waals surface area contributed by atoms with Crippen LogP contribution < -0.4 is 10.2 Å². The third-order valence-corrected chi connectivity index (χ3v) is 4.98. The maximum atomic E-state index is 10.8. The molecule has 0 saturated carbocycles. The van der Waals surface area contributed by atoms with Crippen molar-refractivity contribution in [3.05, 3.63) is 28.3 Å². The van der Waals surface area contributed by atoms with Crippen molar-refractivity contribution in [3.63, 3.8) is 0 Å². The van der Waals surface area contributed by atoms with Crippen molar-refractivity contribution in [2.24, 2.45) is 5.92 Å². The molecule has 3 rings (SSSR count). The molecule has 22 heavy (non-hydrogen) atoms. The van der Waals surface area contributed by atoms with Gasteiger partial charge in [-0.3, -0.25) is 10.1 Å². The Morgan fingerprint density at radius 1 is 1.55 bits per heavy atom. The van der Waals surface area contributed by atoms with Crippen molar-refractivity contribution in [2.75, 3.05) is 31.6 Å². The zero-order chi connectivity index (χ0) is 14.8. The van der Waals surface area contributed by atoms with Crippen molar-refractivity contribution in [2.45, 2.75) is 12.8 Å². The van der Waals surface area contributed by atoms with Crippen LogP contribution in [0.5, 0.6) is 0 Å². The first-order chi connectivity index (χ1) is 10.1. The fourth-order valence-electron chi connectivity index (χ4n) is 2.73. The number of aromatic nitrogens is 1.